The number of hydrogen-bond donors (Lipinski definition) is 0. The third-order valence-corrected chi connectivity index (χ3v) is 5.67. The summed E-state index contributed by atoms with van der Waals surface area (Å²) in [5.41, 5.74) is 0. The second-order valence-corrected chi connectivity index (χ2v) is 9.02. The predicted octanol–water partition coefficient (Wildman–Crippen LogP) is 7.63. The number of ether oxygens (including phenoxy) is 2. The van der Waals surface area contributed by atoms with E-state index in [4.69, 9.17) is 9.47 Å². The molecule has 0 aromatic heterocycles. The molecule has 0 aromatic carbocycles. The van der Waals surface area contributed by atoms with Gasteiger partial charge in [-0.05, 0) is 31.6 Å². The van der Waals surface area contributed by atoms with Crippen LogP contribution in [-0.2, 0) is 19.1 Å². The molecule has 0 fully saturated rings. The third kappa shape index (κ3) is 17.8. The van der Waals surface area contributed by atoms with Crippen molar-refractivity contribution >= 4 is 11.9 Å². The minimum atomic E-state index is -0.0343. The molecule has 0 saturated carbocycles. The minimum absolute atomic E-state index is 0.00303. The van der Waals surface area contributed by atoms with E-state index < -0.39 is 0 Å². The Balaban J connectivity index is 3.43. The van der Waals surface area contributed by atoms with Gasteiger partial charge in [-0.2, -0.15) is 0 Å². The van der Waals surface area contributed by atoms with Gasteiger partial charge in [0.25, 0.3) is 0 Å². The summed E-state index contributed by atoms with van der Waals surface area (Å²) in [6, 6.07) is 0. The summed E-state index contributed by atoms with van der Waals surface area (Å²) in [5, 5.41) is 0. The summed E-state index contributed by atoms with van der Waals surface area (Å²) in [7, 11) is 0. The zero-order chi connectivity index (χ0) is 22.5. The fourth-order valence-electron chi connectivity index (χ4n) is 3.72. The smallest absolute Gasteiger partial charge is 0.309 e. The second-order valence-electron chi connectivity index (χ2n) is 9.02. The molecule has 0 aromatic rings. The van der Waals surface area contributed by atoms with E-state index in [1.807, 2.05) is 13.8 Å². The average Bonchev–Trinajstić information content (AvgIpc) is 2.72. The van der Waals surface area contributed by atoms with Gasteiger partial charge in [0.15, 0.2) is 0 Å². The van der Waals surface area contributed by atoms with E-state index in [1.165, 1.54) is 57.8 Å². The molecule has 1 atom stereocenters. The first-order chi connectivity index (χ1) is 14.5. The van der Waals surface area contributed by atoms with Crippen molar-refractivity contribution in [3.63, 3.8) is 0 Å². The van der Waals surface area contributed by atoms with Crippen molar-refractivity contribution in [2.24, 2.45) is 11.8 Å². The maximum atomic E-state index is 12.1. The fourth-order valence-corrected chi connectivity index (χ4v) is 3.72. The highest BCUT2D eigenvalue weighted by atomic mass is 16.5. The largest absolute Gasteiger partial charge is 0.466 e. The molecular formula is C26H50O4. The predicted molar refractivity (Wildman–Crippen MR) is 125 cm³/mol. The van der Waals surface area contributed by atoms with E-state index in [-0.39, 0.29) is 17.9 Å². The van der Waals surface area contributed by atoms with Gasteiger partial charge in [-0.3, -0.25) is 9.59 Å². The molecule has 30 heavy (non-hydrogen) atoms. The number of hydrogen-bond acceptors (Lipinski definition) is 4. The van der Waals surface area contributed by atoms with Gasteiger partial charge in [0.1, 0.15) is 0 Å². The van der Waals surface area contributed by atoms with Crippen molar-refractivity contribution in [3.8, 4) is 0 Å². The molecule has 0 aliphatic heterocycles. The van der Waals surface area contributed by atoms with Crippen LogP contribution in [0.15, 0.2) is 0 Å². The molecule has 0 saturated heterocycles. The van der Waals surface area contributed by atoms with Crippen LogP contribution in [0.1, 0.15) is 130 Å². The summed E-state index contributed by atoms with van der Waals surface area (Å²) in [4.78, 5) is 23.5. The quantitative estimate of drug-likeness (QED) is 0.140. The van der Waals surface area contributed by atoms with Crippen molar-refractivity contribution in [3.05, 3.63) is 0 Å². The van der Waals surface area contributed by atoms with Crippen molar-refractivity contribution in [1.82, 2.24) is 0 Å². The summed E-state index contributed by atoms with van der Waals surface area (Å²) in [5.74, 6) is 0.402. The minimum Gasteiger partial charge on any atom is -0.466 e. The van der Waals surface area contributed by atoms with Crippen molar-refractivity contribution in [2.45, 2.75) is 130 Å². The first-order valence-electron chi connectivity index (χ1n) is 12.8. The molecule has 0 amide bonds. The number of esters is 2. The van der Waals surface area contributed by atoms with Crippen LogP contribution in [0, 0.1) is 11.8 Å². The first-order valence-corrected chi connectivity index (χ1v) is 12.8. The lowest BCUT2D eigenvalue weighted by Crippen LogP contribution is -2.23. The first kappa shape index (κ1) is 28.9. The van der Waals surface area contributed by atoms with Crippen LogP contribution >= 0.6 is 0 Å². The topological polar surface area (TPSA) is 52.6 Å². The van der Waals surface area contributed by atoms with Crippen LogP contribution in [0.2, 0.25) is 0 Å². The molecule has 4 heteroatoms. The molecule has 0 N–H and O–H groups in total. The summed E-state index contributed by atoms with van der Waals surface area (Å²) in [6.45, 7) is 9.41. The van der Waals surface area contributed by atoms with Gasteiger partial charge in [0.05, 0.1) is 19.1 Å². The van der Waals surface area contributed by atoms with Crippen molar-refractivity contribution in [2.75, 3.05) is 13.2 Å². The lowest BCUT2D eigenvalue weighted by Gasteiger charge is -2.19. The summed E-state index contributed by atoms with van der Waals surface area (Å²) < 4.78 is 10.4. The van der Waals surface area contributed by atoms with Crippen LogP contribution in [0.5, 0.6) is 0 Å². The number of rotatable bonds is 21. The van der Waals surface area contributed by atoms with Crippen LogP contribution in [0.25, 0.3) is 0 Å². The maximum Gasteiger partial charge on any atom is 0.309 e. The molecule has 1 unspecified atom stereocenters. The Labute approximate surface area is 186 Å². The van der Waals surface area contributed by atoms with E-state index in [2.05, 4.69) is 13.8 Å². The molecule has 0 heterocycles. The van der Waals surface area contributed by atoms with Gasteiger partial charge in [0, 0.05) is 6.42 Å². The lowest BCUT2D eigenvalue weighted by molar-refractivity contribution is -0.150. The van der Waals surface area contributed by atoms with Gasteiger partial charge >= 0.3 is 11.9 Å². The fraction of sp³-hybridized carbons (Fsp3) is 0.923. The van der Waals surface area contributed by atoms with Crippen LogP contribution in [0.4, 0.5) is 0 Å². The van der Waals surface area contributed by atoms with E-state index in [9.17, 15) is 9.59 Å². The number of unbranched alkanes of at least 4 members (excludes halogenated alkanes) is 11. The molecular weight excluding hydrogens is 376 g/mol. The molecule has 0 radical (unpaired) electrons. The van der Waals surface area contributed by atoms with Gasteiger partial charge < -0.3 is 9.47 Å². The van der Waals surface area contributed by atoms with E-state index >= 15 is 0 Å². The Morgan fingerprint density at radius 1 is 0.633 bits per heavy atom. The van der Waals surface area contributed by atoms with Crippen LogP contribution < -0.4 is 0 Å². The Morgan fingerprint density at radius 3 is 1.53 bits per heavy atom. The Kier molecular flexibility index (Phi) is 20.4. The zero-order valence-corrected chi connectivity index (χ0v) is 20.5. The molecule has 0 rings (SSSR count). The Hall–Kier alpha value is -1.06. The molecule has 178 valence electrons. The lowest BCUT2D eigenvalue weighted by atomic mass is 9.90. The highest BCUT2D eigenvalue weighted by Crippen LogP contribution is 2.21. The zero-order valence-electron chi connectivity index (χ0n) is 20.5. The Bertz CT molecular complexity index is 406. The third-order valence-electron chi connectivity index (χ3n) is 5.67. The van der Waals surface area contributed by atoms with Crippen LogP contribution in [0.3, 0.4) is 0 Å². The molecule has 0 aliphatic rings. The van der Waals surface area contributed by atoms with Gasteiger partial charge in [-0.15, -0.1) is 0 Å². The van der Waals surface area contributed by atoms with Crippen molar-refractivity contribution in [1.29, 1.82) is 0 Å². The molecule has 0 spiro atoms. The van der Waals surface area contributed by atoms with E-state index in [1.54, 1.807) is 0 Å². The van der Waals surface area contributed by atoms with Crippen LogP contribution in [-0.4, -0.2) is 25.2 Å². The summed E-state index contributed by atoms with van der Waals surface area (Å²) in [6.07, 6.45) is 18.2. The summed E-state index contributed by atoms with van der Waals surface area (Å²) >= 11 is 0. The monoisotopic (exact) mass is 426 g/mol. The number of carbonyl (C=O) groups excluding carboxylic acids is 2. The highest BCUT2D eigenvalue weighted by molar-refractivity contribution is 5.72. The van der Waals surface area contributed by atoms with E-state index in [0.717, 1.165) is 38.5 Å². The van der Waals surface area contributed by atoms with Crippen molar-refractivity contribution < 1.29 is 19.1 Å². The normalized spacial score (nSPS) is 12.2. The molecule has 0 aliphatic carbocycles. The standard InChI is InChI=1S/C26H50O4/c1-5-21-29-25(27)20-18-16-14-12-10-8-7-9-11-13-15-17-19-24(23(3)4)26(28)30-22-6-2/h23-24H,5-22H2,1-4H3. The van der Waals surface area contributed by atoms with Gasteiger partial charge in [-0.1, -0.05) is 98.3 Å². The second kappa shape index (κ2) is 21.2. The SMILES string of the molecule is CCCOC(=O)CCCCCCCCCCCCCCC(C(=O)OCCC)C(C)C. The van der Waals surface area contributed by atoms with E-state index in [0.29, 0.717) is 25.6 Å². The average molecular weight is 427 g/mol. The van der Waals surface area contributed by atoms with Gasteiger partial charge in [-0.25, -0.2) is 0 Å². The number of carbonyl (C=O) groups is 2. The maximum absolute atomic E-state index is 12.1. The molecule has 4 nitrogen and oxygen atoms in total. The molecule has 0 bridgehead atoms. The van der Waals surface area contributed by atoms with Gasteiger partial charge in [0.2, 0.25) is 0 Å². The highest BCUT2D eigenvalue weighted by Gasteiger charge is 2.22. The Morgan fingerprint density at radius 2 is 1.07 bits per heavy atom.